The zero-order valence-corrected chi connectivity index (χ0v) is 14.5. The van der Waals surface area contributed by atoms with E-state index in [1.54, 1.807) is 36.5 Å². The molecular formula is C15H19BrN6O. The molecule has 0 saturated carbocycles. The summed E-state index contributed by atoms with van der Waals surface area (Å²) in [5.74, 6) is 1.20. The summed E-state index contributed by atoms with van der Waals surface area (Å²) in [5.41, 5.74) is 0.605. The topological polar surface area (TPSA) is 75.9 Å². The Morgan fingerprint density at radius 2 is 2.00 bits per heavy atom. The Morgan fingerprint density at radius 3 is 2.61 bits per heavy atom. The van der Waals surface area contributed by atoms with Crippen molar-refractivity contribution in [1.29, 1.82) is 0 Å². The maximum Gasteiger partial charge on any atom is 0.254 e. The number of hydrogen-bond acceptors (Lipinski definition) is 5. The quantitative estimate of drug-likeness (QED) is 0.874. The Labute approximate surface area is 143 Å². The molecule has 0 aromatic carbocycles. The summed E-state index contributed by atoms with van der Waals surface area (Å²) in [6.07, 6.45) is 8.89. The summed E-state index contributed by atoms with van der Waals surface area (Å²) in [6.45, 7) is 2.52. The smallest absolute Gasteiger partial charge is 0.254 e. The second kappa shape index (κ2) is 7.08. The van der Waals surface area contributed by atoms with Gasteiger partial charge in [-0.15, -0.1) is 0 Å². The van der Waals surface area contributed by atoms with Crippen LogP contribution < -0.4 is 10.2 Å². The van der Waals surface area contributed by atoms with Crippen LogP contribution in [-0.4, -0.2) is 45.3 Å². The average molecular weight is 379 g/mol. The van der Waals surface area contributed by atoms with Gasteiger partial charge in [0, 0.05) is 45.3 Å². The second-order valence-electron chi connectivity index (χ2n) is 5.74. The summed E-state index contributed by atoms with van der Waals surface area (Å²) >= 11 is 3.34. The van der Waals surface area contributed by atoms with E-state index in [0.29, 0.717) is 18.0 Å². The molecule has 0 radical (unpaired) electrons. The van der Waals surface area contributed by atoms with Gasteiger partial charge in [0.25, 0.3) is 5.91 Å². The van der Waals surface area contributed by atoms with Crippen LogP contribution in [0.4, 0.5) is 5.95 Å². The van der Waals surface area contributed by atoms with E-state index in [4.69, 9.17) is 0 Å². The van der Waals surface area contributed by atoms with Crippen LogP contribution in [0, 0.1) is 5.92 Å². The van der Waals surface area contributed by atoms with Gasteiger partial charge in [-0.1, -0.05) is 0 Å². The first-order valence-electron chi connectivity index (χ1n) is 7.61. The predicted molar refractivity (Wildman–Crippen MR) is 90.2 cm³/mol. The predicted octanol–water partition coefficient (Wildman–Crippen LogP) is 1.62. The van der Waals surface area contributed by atoms with Crippen LogP contribution in [0.3, 0.4) is 0 Å². The monoisotopic (exact) mass is 378 g/mol. The Kier molecular flexibility index (Phi) is 4.90. The van der Waals surface area contributed by atoms with E-state index < -0.39 is 0 Å². The number of carbonyl (C=O) groups excluding carboxylic acids is 1. The van der Waals surface area contributed by atoms with Gasteiger partial charge in [0.2, 0.25) is 5.95 Å². The number of amides is 1. The lowest BCUT2D eigenvalue weighted by Gasteiger charge is -2.31. The standard InChI is InChI=1S/C15H19BrN6O/c1-21-10-12(7-20-21)14(23)17-6-11-2-4-22(5-3-11)15-18-8-13(16)9-19-15/h7-11H,2-6H2,1H3,(H,17,23). The van der Waals surface area contributed by atoms with Crippen LogP contribution in [-0.2, 0) is 7.05 Å². The van der Waals surface area contributed by atoms with E-state index in [9.17, 15) is 4.79 Å². The second-order valence-corrected chi connectivity index (χ2v) is 6.66. The zero-order valence-electron chi connectivity index (χ0n) is 12.9. The minimum Gasteiger partial charge on any atom is -0.352 e. The fourth-order valence-electron chi connectivity index (χ4n) is 2.68. The third-order valence-electron chi connectivity index (χ3n) is 4.02. The SMILES string of the molecule is Cn1cc(C(=O)NCC2CCN(c3ncc(Br)cn3)CC2)cn1. The highest BCUT2D eigenvalue weighted by molar-refractivity contribution is 9.10. The molecule has 1 aliphatic heterocycles. The average Bonchev–Trinajstić information content (AvgIpc) is 3.00. The molecule has 2 aromatic rings. The molecule has 0 atom stereocenters. The van der Waals surface area contributed by atoms with Crippen molar-refractivity contribution in [2.45, 2.75) is 12.8 Å². The number of piperidine rings is 1. The number of halogens is 1. The molecule has 0 unspecified atom stereocenters. The number of nitrogens with one attached hydrogen (secondary N) is 1. The Bertz CT molecular complexity index is 663. The van der Waals surface area contributed by atoms with Crippen molar-refractivity contribution in [3.63, 3.8) is 0 Å². The lowest BCUT2D eigenvalue weighted by molar-refractivity contribution is 0.0945. The molecule has 1 amide bonds. The molecule has 0 aliphatic carbocycles. The molecule has 3 heterocycles. The summed E-state index contributed by atoms with van der Waals surface area (Å²) in [5, 5.41) is 7.01. The van der Waals surface area contributed by atoms with Gasteiger partial charge >= 0.3 is 0 Å². The van der Waals surface area contributed by atoms with Gasteiger partial charge in [-0.05, 0) is 34.7 Å². The van der Waals surface area contributed by atoms with Gasteiger partial charge in [0.1, 0.15) is 0 Å². The fraction of sp³-hybridized carbons (Fsp3) is 0.467. The minimum absolute atomic E-state index is 0.0585. The minimum atomic E-state index is -0.0585. The number of hydrogen-bond donors (Lipinski definition) is 1. The zero-order chi connectivity index (χ0) is 16.2. The molecule has 1 aliphatic rings. The summed E-state index contributed by atoms with van der Waals surface area (Å²) in [6, 6.07) is 0. The molecule has 0 spiro atoms. The van der Waals surface area contributed by atoms with Crippen molar-refractivity contribution >= 4 is 27.8 Å². The highest BCUT2D eigenvalue weighted by Crippen LogP contribution is 2.20. The number of anilines is 1. The maximum absolute atomic E-state index is 12.0. The maximum atomic E-state index is 12.0. The van der Waals surface area contributed by atoms with Gasteiger partial charge in [-0.25, -0.2) is 9.97 Å². The molecule has 7 nitrogen and oxygen atoms in total. The van der Waals surface area contributed by atoms with Crippen LogP contribution in [0.1, 0.15) is 23.2 Å². The summed E-state index contributed by atoms with van der Waals surface area (Å²) in [4.78, 5) is 22.9. The lowest BCUT2D eigenvalue weighted by Crippen LogP contribution is -2.39. The van der Waals surface area contributed by atoms with E-state index >= 15 is 0 Å². The molecule has 3 rings (SSSR count). The number of aryl methyl sites for hydroxylation is 1. The van der Waals surface area contributed by atoms with E-state index in [0.717, 1.165) is 36.4 Å². The van der Waals surface area contributed by atoms with E-state index in [1.807, 2.05) is 0 Å². The van der Waals surface area contributed by atoms with Gasteiger partial charge in [-0.2, -0.15) is 5.10 Å². The van der Waals surface area contributed by atoms with Gasteiger partial charge in [0.15, 0.2) is 0 Å². The van der Waals surface area contributed by atoms with Crippen molar-refractivity contribution in [1.82, 2.24) is 25.1 Å². The van der Waals surface area contributed by atoms with Crippen LogP contribution in [0.5, 0.6) is 0 Å². The largest absolute Gasteiger partial charge is 0.352 e. The fourth-order valence-corrected chi connectivity index (χ4v) is 2.89. The Morgan fingerprint density at radius 1 is 1.30 bits per heavy atom. The Balaban J connectivity index is 1.46. The van der Waals surface area contributed by atoms with Gasteiger partial charge in [0.05, 0.1) is 16.2 Å². The van der Waals surface area contributed by atoms with Crippen LogP contribution in [0.2, 0.25) is 0 Å². The molecule has 2 aromatic heterocycles. The summed E-state index contributed by atoms with van der Waals surface area (Å²) in [7, 11) is 1.80. The van der Waals surface area contributed by atoms with E-state index in [1.165, 1.54) is 0 Å². The molecule has 0 bridgehead atoms. The molecular weight excluding hydrogens is 360 g/mol. The van der Waals surface area contributed by atoms with Crippen molar-refractivity contribution in [3.05, 3.63) is 34.8 Å². The highest BCUT2D eigenvalue weighted by Gasteiger charge is 2.21. The highest BCUT2D eigenvalue weighted by atomic mass is 79.9. The first kappa shape index (κ1) is 15.9. The van der Waals surface area contributed by atoms with Crippen molar-refractivity contribution < 1.29 is 4.79 Å². The molecule has 23 heavy (non-hydrogen) atoms. The van der Waals surface area contributed by atoms with Crippen LogP contribution in [0.15, 0.2) is 29.3 Å². The van der Waals surface area contributed by atoms with Crippen molar-refractivity contribution in [3.8, 4) is 0 Å². The van der Waals surface area contributed by atoms with Crippen LogP contribution in [0.25, 0.3) is 0 Å². The number of aromatic nitrogens is 4. The molecule has 8 heteroatoms. The number of nitrogens with zero attached hydrogens (tertiary/aromatic N) is 5. The van der Waals surface area contributed by atoms with Crippen LogP contribution >= 0.6 is 15.9 Å². The van der Waals surface area contributed by atoms with Gasteiger partial charge < -0.3 is 10.2 Å². The number of rotatable bonds is 4. The molecule has 1 N–H and O–H groups in total. The van der Waals surface area contributed by atoms with Crippen molar-refractivity contribution in [2.75, 3.05) is 24.5 Å². The van der Waals surface area contributed by atoms with Gasteiger partial charge in [-0.3, -0.25) is 9.48 Å². The molecule has 1 fully saturated rings. The normalized spacial score (nSPS) is 15.7. The molecule has 122 valence electrons. The first-order chi connectivity index (χ1) is 11.1. The first-order valence-corrected chi connectivity index (χ1v) is 8.40. The van der Waals surface area contributed by atoms with E-state index in [2.05, 4.69) is 41.2 Å². The van der Waals surface area contributed by atoms with Crippen molar-refractivity contribution in [2.24, 2.45) is 13.0 Å². The lowest BCUT2D eigenvalue weighted by atomic mass is 9.97. The summed E-state index contributed by atoms with van der Waals surface area (Å²) < 4.78 is 2.51. The number of carbonyl (C=O) groups is 1. The third-order valence-corrected chi connectivity index (χ3v) is 4.43. The third kappa shape index (κ3) is 4.07. The van der Waals surface area contributed by atoms with E-state index in [-0.39, 0.29) is 5.91 Å². The Hall–Kier alpha value is -1.96. The molecule has 1 saturated heterocycles.